The maximum absolute atomic E-state index is 13.1. The van der Waals surface area contributed by atoms with Crippen LogP contribution in [0.15, 0.2) is 65.7 Å². The van der Waals surface area contributed by atoms with Gasteiger partial charge in [-0.15, -0.1) is 0 Å². The summed E-state index contributed by atoms with van der Waals surface area (Å²) in [5.74, 6) is 0. The molecule has 0 radical (unpaired) electrons. The summed E-state index contributed by atoms with van der Waals surface area (Å²) in [6, 6.07) is 17.2. The molecule has 0 amide bonds. The van der Waals surface area contributed by atoms with Gasteiger partial charge in [-0.25, -0.2) is 12.4 Å². The summed E-state index contributed by atoms with van der Waals surface area (Å²) in [7, 11) is -3.59. The largest absolute Gasteiger partial charge is 0.368 e. The van der Waals surface area contributed by atoms with Crippen molar-refractivity contribution < 1.29 is 8.42 Å². The summed E-state index contributed by atoms with van der Waals surface area (Å²) in [4.78, 5) is 5.32. The molecule has 5 rings (SSSR count). The lowest BCUT2D eigenvalue weighted by Crippen LogP contribution is -2.50. The number of piperazine rings is 1. The third-order valence-corrected chi connectivity index (χ3v) is 7.61. The first-order valence-corrected chi connectivity index (χ1v) is 11.0. The number of hydrogen-bond acceptors (Lipinski definition) is 4. The molecule has 2 saturated heterocycles. The Balaban J connectivity index is 1.56. The average molecular weight is 382 g/mol. The van der Waals surface area contributed by atoms with Crippen LogP contribution in [0.2, 0.25) is 0 Å². The van der Waals surface area contributed by atoms with E-state index in [-0.39, 0.29) is 0 Å². The number of hydrogen-bond donors (Lipinski definition) is 0. The van der Waals surface area contributed by atoms with Crippen molar-refractivity contribution in [3.63, 3.8) is 0 Å². The Bertz CT molecular complexity index is 1080. The van der Waals surface area contributed by atoms with Crippen molar-refractivity contribution in [3.05, 3.63) is 60.8 Å². The molecule has 0 spiro atoms. The average Bonchev–Trinajstić information content (AvgIpc) is 3.35. The molecule has 0 saturated carbocycles. The number of benzene rings is 2. The van der Waals surface area contributed by atoms with Crippen LogP contribution >= 0.6 is 0 Å². The van der Waals surface area contributed by atoms with Crippen molar-refractivity contribution in [3.8, 4) is 0 Å². The van der Waals surface area contributed by atoms with Gasteiger partial charge in [0.2, 0.25) is 0 Å². The van der Waals surface area contributed by atoms with E-state index >= 15 is 0 Å². The second kappa shape index (κ2) is 6.39. The van der Waals surface area contributed by atoms with Crippen LogP contribution in [-0.4, -0.2) is 49.5 Å². The van der Waals surface area contributed by atoms with Crippen molar-refractivity contribution in [2.45, 2.75) is 23.8 Å². The van der Waals surface area contributed by atoms with Crippen molar-refractivity contribution in [1.29, 1.82) is 0 Å². The highest BCUT2D eigenvalue weighted by Gasteiger charge is 2.31. The standard InChI is InChI=1S/C21H23N3O2S/c25-27(26,18-7-2-1-3-8-18)24-13-11-19-20(9-4-10-21(19)24)23-15-14-22-12-5-6-17(22)16-23/h1-4,7-11,13,17H,5-6,12,14-16H2. The summed E-state index contributed by atoms with van der Waals surface area (Å²) in [5.41, 5.74) is 1.88. The highest BCUT2D eigenvalue weighted by atomic mass is 32.2. The fourth-order valence-corrected chi connectivity index (χ4v) is 5.90. The zero-order valence-electron chi connectivity index (χ0n) is 15.2. The Morgan fingerprint density at radius 2 is 1.74 bits per heavy atom. The van der Waals surface area contributed by atoms with Crippen LogP contribution in [0, 0.1) is 0 Å². The quantitative estimate of drug-likeness (QED) is 0.699. The number of fused-ring (bicyclic) bond motifs is 2. The highest BCUT2D eigenvalue weighted by molar-refractivity contribution is 7.90. The predicted molar refractivity (Wildman–Crippen MR) is 108 cm³/mol. The van der Waals surface area contributed by atoms with E-state index in [2.05, 4.69) is 15.9 Å². The molecule has 1 atom stereocenters. The second-order valence-electron chi connectivity index (χ2n) is 7.42. The van der Waals surface area contributed by atoms with Crippen LogP contribution in [0.1, 0.15) is 12.8 Å². The minimum absolute atomic E-state index is 0.312. The third-order valence-electron chi connectivity index (χ3n) is 5.90. The summed E-state index contributed by atoms with van der Waals surface area (Å²) in [5, 5.41) is 1.00. The Morgan fingerprint density at radius 3 is 2.59 bits per heavy atom. The van der Waals surface area contributed by atoms with Gasteiger partial charge in [0.1, 0.15) is 0 Å². The van der Waals surface area contributed by atoms with Gasteiger partial charge in [0.05, 0.1) is 10.4 Å². The van der Waals surface area contributed by atoms with Gasteiger partial charge in [0.15, 0.2) is 0 Å². The first kappa shape index (κ1) is 16.8. The molecule has 0 aliphatic carbocycles. The number of rotatable bonds is 3. The van der Waals surface area contributed by atoms with Crippen molar-refractivity contribution in [1.82, 2.24) is 8.87 Å². The fraction of sp³-hybridized carbons (Fsp3) is 0.333. The van der Waals surface area contributed by atoms with Crippen LogP contribution in [0.5, 0.6) is 0 Å². The minimum Gasteiger partial charge on any atom is -0.368 e. The summed E-state index contributed by atoms with van der Waals surface area (Å²) in [6.45, 7) is 4.32. The second-order valence-corrected chi connectivity index (χ2v) is 9.23. The lowest BCUT2D eigenvalue weighted by atomic mass is 10.1. The van der Waals surface area contributed by atoms with Crippen molar-refractivity contribution in [2.75, 3.05) is 31.1 Å². The van der Waals surface area contributed by atoms with E-state index in [0.29, 0.717) is 10.9 Å². The molecule has 140 valence electrons. The smallest absolute Gasteiger partial charge is 0.268 e. The van der Waals surface area contributed by atoms with Gasteiger partial charge in [-0.2, -0.15) is 0 Å². The number of aromatic nitrogens is 1. The van der Waals surface area contributed by atoms with Gasteiger partial charge in [0.25, 0.3) is 10.0 Å². The van der Waals surface area contributed by atoms with Crippen LogP contribution < -0.4 is 4.90 Å². The molecular weight excluding hydrogens is 358 g/mol. The lowest BCUT2D eigenvalue weighted by Gasteiger charge is -2.39. The van der Waals surface area contributed by atoms with Crippen LogP contribution in [-0.2, 0) is 10.0 Å². The van der Waals surface area contributed by atoms with Crippen molar-refractivity contribution >= 4 is 26.6 Å². The maximum atomic E-state index is 13.1. The van der Waals surface area contributed by atoms with E-state index in [9.17, 15) is 8.42 Å². The molecule has 6 heteroatoms. The first-order chi connectivity index (χ1) is 13.1. The maximum Gasteiger partial charge on any atom is 0.268 e. The number of nitrogens with zero attached hydrogens (tertiary/aromatic N) is 3. The Labute approximate surface area is 159 Å². The molecule has 3 heterocycles. The molecule has 27 heavy (non-hydrogen) atoms. The predicted octanol–water partition coefficient (Wildman–Crippen LogP) is 3.16. The Hall–Kier alpha value is -2.31. The topological polar surface area (TPSA) is 45.6 Å². The lowest BCUT2D eigenvalue weighted by molar-refractivity contribution is 0.231. The molecule has 2 aliphatic heterocycles. The zero-order valence-corrected chi connectivity index (χ0v) is 16.0. The van der Waals surface area contributed by atoms with Crippen LogP contribution in [0.4, 0.5) is 5.69 Å². The molecule has 0 N–H and O–H groups in total. The zero-order chi connectivity index (χ0) is 18.4. The van der Waals surface area contributed by atoms with E-state index in [1.54, 1.807) is 30.5 Å². The normalized spacial score (nSPS) is 20.9. The van der Waals surface area contributed by atoms with E-state index in [1.807, 2.05) is 24.3 Å². The first-order valence-electron chi connectivity index (χ1n) is 9.54. The van der Waals surface area contributed by atoms with Gasteiger partial charge in [0, 0.05) is 42.9 Å². The molecule has 2 aliphatic rings. The summed E-state index contributed by atoms with van der Waals surface area (Å²) in [6.07, 6.45) is 4.23. The molecule has 2 aromatic carbocycles. The van der Waals surface area contributed by atoms with Crippen LogP contribution in [0.3, 0.4) is 0 Å². The Morgan fingerprint density at radius 1 is 0.889 bits per heavy atom. The van der Waals surface area contributed by atoms with Gasteiger partial charge >= 0.3 is 0 Å². The summed E-state index contributed by atoms with van der Waals surface area (Å²) >= 11 is 0. The van der Waals surface area contributed by atoms with Gasteiger partial charge < -0.3 is 4.90 Å². The molecule has 2 fully saturated rings. The third kappa shape index (κ3) is 2.75. The minimum atomic E-state index is -3.59. The van der Waals surface area contributed by atoms with Crippen molar-refractivity contribution in [2.24, 2.45) is 0 Å². The SMILES string of the molecule is O=S(=O)(c1ccccc1)n1ccc2c(N3CCN4CCCC4C3)cccc21. The molecular formula is C21H23N3O2S. The van der Waals surface area contributed by atoms with Gasteiger partial charge in [-0.3, -0.25) is 4.90 Å². The number of anilines is 1. The molecule has 1 aromatic heterocycles. The van der Waals surface area contributed by atoms with E-state index in [0.717, 1.165) is 36.2 Å². The van der Waals surface area contributed by atoms with E-state index in [4.69, 9.17) is 0 Å². The van der Waals surface area contributed by atoms with Gasteiger partial charge in [-0.05, 0) is 49.7 Å². The highest BCUT2D eigenvalue weighted by Crippen LogP contribution is 2.33. The van der Waals surface area contributed by atoms with Gasteiger partial charge in [-0.1, -0.05) is 24.3 Å². The monoisotopic (exact) mass is 381 g/mol. The molecule has 0 bridgehead atoms. The van der Waals surface area contributed by atoms with Crippen LogP contribution in [0.25, 0.3) is 10.9 Å². The summed E-state index contributed by atoms with van der Waals surface area (Å²) < 4.78 is 27.6. The van der Waals surface area contributed by atoms with E-state index < -0.39 is 10.0 Å². The molecule has 5 nitrogen and oxygen atoms in total. The Kier molecular flexibility index (Phi) is 3.98. The molecule has 1 unspecified atom stereocenters. The molecule has 3 aromatic rings. The fourth-order valence-electron chi connectivity index (χ4n) is 4.53. The van der Waals surface area contributed by atoms with E-state index in [1.165, 1.54) is 23.4 Å².